The first-order valence-electron chi connectivity index (χ1n) is 10.7. The first-order valence-corrected chi connectivity index (χ1v) is 10.7. The van der Waals surface area contributed by atoms with Gasteiger partial charge in [0.1, 0.15) is 5.70 Å². The Balaban J connectivity index is 1.71. The van der Waals surface area contributed by atoms with Crippen LogP contribution in [0, 0.1) is 5.92 Å². The number of anilines is 1. The smallest absolute Gasteiger partial charge is 0.278 e. The van der Waals surface area contributed by atoms with Crippen LogP contribution in [0.1, 0.15) is 37.8 Å². The number of carbonyl (C=O) groups is 3. The van der Waals surface area contributed by atoms with Crippen LogP contribution >= 0.6 is 0 Å². The maximum atomic E-state index is 13.5. The van der Waals surface area contributed by atoms with E-state index in [0.717, 1.165) is 31.5 Å². The summed E-state index contributed by atoms with van der Waals surface area (Å²) in [6, 6.07) is 16.7. The number of amides is 3. The highest BCUT2D eigenvalue weighted by Crippen LogP contribution is 2.35. The molecule has 6 nitrogen and oxygen atoms in total. The lowest BCUT2D eigenvalue weighted by molar-refractivity contribution is -0.138. The van der Waals surface area contributed by atoms with Crippen LogP contribution in [-0.2, 0) is 20.9 Å². The van der Waals surface area contributed by atoms with Crippen molar-refractivity contribution < 1.29 is 14.4 Å². The third kappa shape index (κ3) is 4.38. The van der Waals surface area contributed by atoms with Gasteiger partial charge in [0.2, 0.25) is 5.91 Å². The van der Waals surface area contributed by atoms with Crippen molar-refractivity contribution in [2.45, 2.75) is 33.2 Å². The van der Waals surface area contributed by atoms with Crippen molar-refractivity contribution in [3.05, 3.63) is 71.4 Å². The van der Waals surface area contributed by atoms with Gasteiger partial charge in [0.05, 0.1) is 12.1 Å². The van der Waals surface area contributed by atoms with Gasteiger partial charge in [-0.1, -0.05) is 49.4 Å². The standard InChI is InChI=1S/C25H27N3O3/c1-17-7-6-14-27(15-17)23-22(20-10-12-21(13-11-20)26-18(2)29)24(30)28(25(23)31)16-19-8-4-3-5-9-19/h3-5,8-13,17H,6-7,14-16H2,1-2H3,(H,26,29). The molecule has 2 aromatic rings. The molecule has 1 atom stereocenters. The Labute approximate surface area is 182 Å². The van der Waals surface area contributed by atoms with E-state index in [0.29, 0.717) is 28.4 Å². The number of carbonyl (C=O) groups excluding carboxylic acids is 3. The van der Waals surface area contributed by atoms with Gasteiger partial charge in [0.25, 0.3) is 11.8 Å². The fraction of sp³-hybridized carbons (Fsp3) is 0.320. The van der Waals surface area contributed by atoms with E-state index >= 15 is 0 Å². The molecule has 0 bridgehead atoms. The molecule has 160 valence electrons. The number of benzene rings is 2. The van der Waals surface area contributed by atoms with Gasteiger partial charge in [0, 0.05) is 25.7 Å². The Bertz CT molecular complexity index is 1030. The minimum atomic E-state index is -0.269. The Kier molecular flexibility index (Phi) is 5.89. The topological polar surface area (TPSA) is 69.7 Å². The number of imide groups is 1. The SMILES string of the molecule is CC(=O)Nc1ccc(C2=C(N3CCCC(C)C3)C(=O)N(Cc3ccccc3)C2=O)cc1. The van der Waals surface area contributed by atoms with E-state index in [1.54, 1.807) is 24.3 Å². The lowest BCUT2D eigenvalue weighted by Crippen LogP contribution is -2.39. The number of rotatable bonds is 5. The van der Waals surface area contributed by atoms with Crippen LogP contribution in [0.2, 0.25) is 0 Å². The van der Waals surface area contributed by atoms with Gasteiger partial charge in [-0.2, -0.15) is 0 Å². The van der Waals surface area contributed by atoms with Gasteiger partial charge in [-0.05, 0) is 42.0 Å². The van der Waals surface area contributed by atoms with Crippen molar-refractivity contribution in [3.63, 3.8) is 0 Å². The summed E-state index contributed by atoms with van der Waals surface area (Å²) in [4.78, 5) is 41.7. The molecule has 1 fully saturated rings. The van der Waals surface area contributed by atoms with Gasteiger partial charge in [0.15, 0.2) is 0 Å². The van der Waals surface area contributed by atoms with Crippen molar-refractivity contribution >= 4 is 29.0 Å². The minimum Gasteiger partial charge on any atom is -0.366 e. The molecule has 0 saturated carbocycles. The molecule has 0 aromatic heterocycles. The third-order valence-corrected chi connectivity index (χ3v) is 5.79. The van der Waals surface area contributed by atoms with E-state index < -0.39 is 0 Å². The highest BCUT2D eigenvalue weighted by atomic mass is 16.2. The number of nitrogens with zero attached hydrogens (tertiary/aromatic N) is 2. The van der Waals surface area contributed by atoms with Crippen molar-refractivity contribution in [2.75, 3.05) is 18.4 Å². The summed E-state index contributed by atoms with van der Waals surface area (Å²) >= 11 is 0. The highest BCUT2D eigenvalue weighted by Gasteiger charge is 2.42. The number of hydrogen-bond donors (Lipinski definition) is 1. The number of piperidine rings is 1. The molecule has 1 unspecified atom stereocenters. The second-order valence-electron chi connectivity index (χ2n) is 8.36. The molecule has 2 aliphatic rings. The van der Waals surface area contributed by atoms with E-state index in [1.165, 1.54) is 11.8 Å². The second kappa shape index (κ2) is 8.76. The van der Waals surface area contributed by atoms with E-state index in [9.17, 15) is 14.4 Å². The van der Waals surface area contributed by atoms with Gasteiger partial charge in [-0.3, -0.25) is 19.3 Å². The fourth-order valence-electron chi connectivity index (χ4n) is 4.34. The molecule has 1 saturated heterocycles. The predicted octanol–water partition coefficient (Wildman–Crippen LogP) is 3.66. The van der Waals surface area contributed by atoms with Gasteiger partial charge in [-0.25, -0.2) is 0 Å². The summed E-state index contributed by atoms with van der Waals surface area (Å²) in [6.07, 6.45) is 2.12. The van der Waals surface area contributed by atoms with Gasteiger partial charge >= 0.3 is 0 Å². The average Bonchev–Trinajstić information content (AvgIpc) is 2.99. The van der Waals surface area contributed by atoms with Crippen LogP contribution in [0.15, 0.2) is 60.3 Å². The number of likely N-dealkylation sites (tertiary alicyclic amines) is 1. The lowest BCUT2D eigenvalue weighted by atomic mass is 9.97. The Morgan fingerprint density at radius 3 is 2.39 bits per heavy atom. The largest absolute Gasteiger partial charge is 0.366 e. The first kappa shape index (κ1) is 20.8. The van der Waals surface area contributed by atoms with E-state index in [1.807, 2.05) is 30.3 Å². The fourth-order valence-corrected chi connectivity index (χ4v) is 4.34. The number of nitrogens with one attached hydrogen (secondary N) is 1. The summed E-state index contributed by atoms with van der Waals surface area (Å²) in [5.74, 6) is -0.190. The summed E-state index contributed by atoms with van der Waals surface area (Å²) in [6.45, 7) is 5.41. The molecule has 6 heteroatoms. The van der Waals surface area contributed by atoms with Gasteiger partial charge < -0.3 is 10.2 Å². The maximum absolute atomic E-state index is 13.5. The average molecular weight is 418 g/mol. The molecule has 31 heavy (non-hydrogen) atoms. The maximum Gasteiger partial charge on any atom is 0.278 e. The number of hydrogen-bond acceptors (Lipinski definition) is 4. The van der Waals surface area contributed by atoms with E-state index in [4.69, 9.17) is 0 Å². The zero-order valence-corrected chi connectivity index (χ0v) is 17.9. The summed E-state index contributed by atoms with van der Waals surface area (Å²) < 4.78 is 0. The molecule has 4 rings (SSSR count). The zero-order valence-electron chi connectivity index (χ0n) is 17.9. The molecule has 2 aliphatic heterocycles. The summed E-state index contributed by atoms with van der Waals surface area (Å²) in [5.41, 5.74) is 3.21. The molecule has 2 heterocycles. The predicted molar refractivity (Wildman–Crippen MR) is 120 cm³/mol. The molecule has 1 N–H and O–H groups in total. The van der Waals surface area contributed by atoms with Crippen LogP contribution < -0.4 is 5.32 Å². The van der Waals surface area contributed by atoms with Crippen molar-refractivity contribution in [1.29, 1.82) is 0 Å². The first-order chi connectivity index (χ1) is 14.9. The molecule has 0 spiro atoms. The summed E-state index contributed by atoms with van der Waals surface area (Å²) in [5, 5.41) is 2.74. The monoisotopic (exact) mass is 417 g/mol. The van der Waals surface area contributed by atoms with Crippen LogP contribution in [-0.4, -0.2) is 40.6 Å². The molecular weight excluding hydrogens is 390 g/mol. The van der Waals surface area contributed by atoms with Crippen LogP contribution in [0.25, 0.3) is 5.57 Å². The molecule has 0 aliphatic carbocycles. The highest BCUT2D eigenvalue weighted by molar-refractivity contribution is 6.35. The summed E-state index contributed by atoms with van der Waals surface area (Å²) in [7, 11) is 0. The van der Waals surface area contributed by atoms with Gasteiger partial charge in [-0.15, -0.1) is 0 Å². The minimum absolute atomic E-state index is 0.156. The third-order valence-electron chi connectivity index (χ3n) is 5.79. The normalized spacial score (nSPS) is 19.2. The van der Waals surface area contributed by atoms with Crippen LogP contribution in [0.4, 0.5) is 5.69 Å². The Morgan fingerprint density at radius 2 is 1.74 bits per heavy atom. The molecule has 0 radical (unpaired) electrons. The Hall–Kier alpha value is -3.41. The van der Waals surface area contributed by atoms with Crippen LogP contribution in [0.5, 0.6) is 0 Å². The second-order valence-corrected chi connectivity index (χ2v) is 8.36. The van der Waals surface area contributed by atoms with Crippen molar-refractivity contribution in [1.82, 2.24) is 9.80 Å². The van der Waals surface area contributed by atoms with E-state index in [2.05, 4.69) is 17.1 Å². The van der Waals surface area contributed by atoms with Crippen LogP contribution in [0.3, 0.4) is 0 Å². The Morgan fingerprint density at radius 1 is 1.03 bits per heavy atom. The molecule has 3 amide bonds. The lowest BCUT2D eigenvalue weighted by Gasteiger charge is -2.33. The van der Waals surface area contributed by atoms with Crippen molar-refractivity contribution in [3.8, 4) is 0 Å². The van der Waals surface area contributed by atoms with E-state index in [-0.39, 0.29) is 24.3 Å². The molecule has 2 aromatic carbocycles. The van der Waals surface area contributed by atoms with Crippen molar-refractivity contribution in [2.24, 2.45) is 5.92 Å². The quantitative estimate of drug-likeness (QED) is 0.754. The molecular formula is C25H27N3O3. The zero-order chi connectivity index (χ0) is 22.0.